The summed E-state index contributed by atoms with van der Waals surface area (Å²) >= 11 is 0. The second kappa shape index (κ2) is 64.9. The largest absolute Gasteiger partial charge is 5.00 e. The Kier molecular flexibility index (Phi) is 147. The molecule has 0 aliphatic heterocycles. The fraction of sp³-hybridized carbons (Fsp3) is 0. The maximum atomic E-state index is 8.88. The van der Waals surface area contributed by atoms with E-state index in [1.165, 1.54) is 0 Å². The van der Waals surface area contributed by atoms with E-state index in [1.54, 1.807) is 0 Å². The molecule has 0 aromatic heterocycles. The van der Waals surface area contributed by atoms with Gasteiger partial charge in [-0.15, -0.1) is 0 Å². The van der Waals surface area contributed by atoms with E-state index in [2.05, 4.69) is 0 Å². The van der Waals surface area contributed by atoms with Crippen molar-refractivity contribution in [3.8, 4) is 0 Å². The van der Waals surface area contributed by atoms with Gasteiger partial charge in [0.25, 0.3) is 0 Å². The Morgan fingerprint density at radius 3 is 0.131 bits per heavy atom. The molecule has 0 aliphatic rings. The van der Waals surface area contributed by atoms with Crippen LogP contribution in [0.25, 0.3) is 0 Å². The van der Waals surface area contributed by atoms with Crippen molar-refractivity contribution in [1.82, 2.24) is 0 Å². The monoisotopic (exact) mass is 1510 g/mol. The zero-order chi connectivity index (χ0) is 45.0. The number of hydrogen-bond acceptors (Lipinski definition) is 10. The van der Waals surface area contributed by atoms with Crippen LogP contribution in [0.1, 0.15) is 0 Å². The van der Waals surface area contributed by atoms with E-state index in [0.29, 0.717) is 0 Å². The summed E-state index contributed by atoms with van der Waals surface area (Å²) in [6, 6.07) is 0. The molecule has 0 rings (SSSR count). The zero-order valence-electron chi connectivity index (χ0n) is 26.9. The van der Waals surface area contributed by atoms with Gasteiger partial charge in [-0.05, 0) is 0 Å². The summed E-state index contributed by atoms with van der Waals surface area (Å²) in [5.74, 6) is 0. The topological polar surface area (TPSA) is 806 Å². The van der Waals surface area contributed by atoms with Crippen molar-refractivity contribution in [2.75, 3.05) is 0 Å². The van der Waals surface area contributed by atoms with Gasteiger partial charge in [-0.25, -0.2) is 45.7 Å². The standard InChI is InChI=1S/10H3O4P.O.10V/c10*1-5(2,3)4;;;;;;;;;;;/h10*(H3,1,2,3,4);;;;;;;;;;;/q;;;;;;;;;;-2;10*+5. The quantitative estimate of drug-likeness (QED) is 0.100. The molecule has 0 aromatic carbocycles. The first-order valence-electron chi connectivity index (χ1n) is 7.83. The van der Waals surface area contributed by atoms with Crippen LogP contribution in [0.3, 0.4) is 0 Å². The molecule has 0 unspecified atom stereocenters. The Labute approximate surface area is 456 Å². The zero-order valence-corrected chi connectivity index (χ0v) is 49.8. The molecular weight excluding hydrogens is 1480 g/mol. The van der Waals surface area contributed by atoms with Gasteiger partial charge in [-0.1, -0.05) is 0 Å². The summed E-state index contributed by atoms with van der Waals surface area (Å²) in [5, 5.41) is 0. The third kappa shape index (κ3) is 5910. The summed E-state index contributed by atoms with van der Waals surface area (Å²) in [5.41, 5.74) is 0. The minimum Gasteiger partial charge on any atom is -2.00 e. The molecule has 61 heteroatoms. The summed E-state index contributed by atoms with van der Waals surface area (Å²) in [7, 11) is -46.4. The van der Waals surface area contributed by atoms with Crippen LogP contribution < -0.4 is 0 Å². The van der Waals surface area contributed by atoms with Crippen LogP contribution in [0.5, 0.6) is 0 Å². The van der Waals surface area contributed by atoms with E-state index in [9.17, 15) is 0 Å². The smallest absolute Gasteiger partial charge is 2.00 e. The van der Waals surface area contributed by atoms with Crippen LogP contribution in [0.2, 0.25) is 0 Å². The van der Waals surface area contributed by atoms with Crippen molar-refractivity contribution in [3.05, 3.63) is 0 Å². The van der Waals surface area contributed by atoms with E-state index < -0.39 is 78.2 Å². The first kappa shape index (κ1) is 138. The third-order valence-electron chi connectivity index (χ3n) is 0. The fourth-order valence-electron chi connectivity index (χ4n) is 0. The van der Waals surface area contributed by atoms with Crippen LogP contribution in [-0.4, -0.2) is 147 Å². The van der Waals surface area contributed by atoms with Crippen molar-refractivity contribution in [2.45, 2.75) is 0 Å². The van der Waals surface area contributed by atoms with Gasteiger partial charge in [0.2, 0.25) is 0 Å². The van der Waals surface area contributed by atoms with Crippen LogP contribution in [0.4, 0.5) is 0 Å². The molecular formula is H30O41P10V10+48. The molecule has 0 atom stereocenters. The number of phosphoric acid groups is 10. The van der Waals surface area contributed by atoms with Crippen LogP contribution in [-0.2, 0) is 237 Å². The third-order valence-corrected chi connectivity index (χ3v) is 0. The molecule has 0 saturated heterocycles. The Morgan fingerprint density at radius 2 is 0.131 bits per heavy atom. The second-order valence-corrected chi connectivity index (χ2v) is 15.4. The van der Waals surface area contributed by atoms with Gasteiger partial charge in [0.05, 0.1) is 0 Å². The van der Waals surface area contributed by atoms with Gasteiger partial charge in [0, 0.05) is 0 Å². The first-order chi connectivity index (χ1) is 20.0. The van der Waals surface area contributed by atoms with E-state index in [0.717, 1.165) is 0 Å². The van der Waals surface area contributed by atoms with Gasteiger partial charge in [0.15, 0.2) is 0 Å². The molecule has 0 saturated carbocycles. The summed E-state index contributed by atoms with van der Waals surface area (Å²) in [4.78, 5) is 216. The van der Waals surface area contributed by atoms with E-state index in [4.69, 9.17) is 192 Å². The molecule has 0 fully saturated rings. The normalized spacial score (nSPS) is 9.67. The molecule has 30 N–H and O–H groups in total. The van der Waals surface area contributed by atoms with Gasteiger partial charge < -0.3 is 152 Å². The second-order valence-electron chi connectivity index (χ2n) is 5.13. The Bertz CT molecular complexity index is 870. The van der Waals surface area contributed by atoms with Crippen LogP contribution in [0, 0.1) is 0 Å². The predicted molar refractivity (Wildman–Crippen MR) is 143 cm³/mol. The molecule has 0 aromatic rings. The van der Waals surface area contributed by atoms with Crippen molar-refractivity contribution in [3.63, 3.8) is 0 Å². The van der Waals surface area contributed by atoms with E-state index in [1.807, 2.05) is 0 Å². The minimum atomic E-state index is -4.64. The maximum absolute atomic E-state index is 8.88. The Hall–Kier alpha value is 6.90. The number of rotatable bonds is 0. The molecule has 0 spiro atoms. The minimum absolute atomic E-state index is 0. The molecule has 61 heavy (non-hydrogen) atoms. The van der Waals surface area contributed by atoms with Gasteiger partial charge in [0.1, 0.15) is 0 Å². The predicted octanol–water partition coefficient (Wildman–Crippen LogP) is -9.43. The van der Waals surface area contributed by atoms with Crippen molar-refractivity contribution >= 4 is 78.2 Å². The molecule has 328 valence electrons. The van der Waals surface area contributed by atoms with Crippen molar-refractivity contribution in [1.29, 1.82) is 0 Å². The van der Waals surface area contributed by atoms with Gasteiger partial charge in [-0.3, -0.25) is 0 Å². The average molecular weight is 1510 g/mol. The molecule has 0 aliphatic carbocycles. The molecule has 0 radical (unpaired) electrons. The van der Waals surface area contributed by atoms with Crippen LogP contribution >= 0.6 is 78.2 Å². The maximum Gasteiger partial charge on any atom is 5.00 e. The average Bonchev–Trinajstić information content (AvgIpc) is 2.34. The van der Waals surface area contributed by atoms with E-state index >= 15 is 0 Å². The Balaban J connectivity index is -0.0000000150. The van der Waals surface area contributed by atoms with Gasteiger partial charge in [-0.2, -0.15) is 0 Å². The SMILES string of the molecule is O=P(O)(O)O.O=P(O)(O)O.O=P(O)(O)O.O=P(O)(O)O.O=P(O)(O)O.O=P(O)(O)O.O=P(O)(O)O.O=P(O)(O)O.O=P(O)(O)O.O=P(O)(O)O.[O-2].[V+5].[V+5].[V+5].[V+5].[V+5].[V+5].[V+5].[V+5].[V+5].[V+5]. The van der Waals surface area contributed by atoms with E-state index in [-0.39, 0.29) is 191 Å². The van der Waals surface area contributed by atoms with Crippen LogP contribution in [0.15, 0.2) is 0 Å². The number of hydrogen-bond donors (Lipinski definition) is 30. The van der Waals surface area contributed by atoms with Crippen molar-refractivity contribution < 1.29 is 383 Å². The summed E-state index contributed by atoms with van der Waals surface area (Å²) in [6.45, 7) is 0. The fourth-order valence-corrected chi connectivity index (χ4v) is 0. The van der Waals surface area contributed by atoms with Gasteiger partial charge >= 0.3 is 264 Å². The summed E-state index contributed by atoms with van der Waals surface area (Å²) in [6.07, 6.45) is 0. The molecule has 0 heterocycles. The first-order valence-corrected chi connectivity index (χ1v) is 23.5. The molecule has 0 bridgehead atoms. The Morgan fingerprint density at radius 1 is 0.131 bits per heavy atom. The molecule has 41 nitrogen and oxygen atoms in total. The van der Waals surface area contributed by atoms with Crippen molar-refractivity contribution in [2.24, 2.45) is 0 Å². The molecule has 0 amide bonds. The summed E-state index contributed by atoms with van der Waals surface area (Å²) < 4.78 is 88.8.